The molecule has 1 fully saturated rings. The van der Waals surface area contributed by atoms with E-state index in [1.54, 1.807) is 23.5 Å². The molecule has 1 aliphatic heterocycles. The fraction of sp³-hybridized carbons (Fsp3) is 0.375. The van der Waals surface area contributed by atoms with Crippen molar-refractivity contribution in [1.29, 1.82) is 0 Å². The molecule has 2 heterocycles. The molecule has 1 saturated heterocycles. The fourth-order valence-electron chi connectivity index (χ4n) is 2.41. The molecule has 128 valence electrons. The van der Waals surface area contributed by atoms with Gasteiger partial charge >= 0.3 is 6.03 Å². The molecule has 2 N–H and O–H groups in total. The third kappa shape index (κ3) is 3.82. The molecular weight excluding hydrogens is 331 g/mol. The lowest BCUT2D eigenvalue weighted by atomic mass is 10.2. The van der Waals surface area contributed by atoms with Gasteiger partial charge in [0.2, 0.25) is 0 Å². The van der Waals surface area contributed by atoms with Gasteiger partial charge in [0.25, 0.3) is 0 Å². The van der Waals surface area contributed by atoms with Gasteiger partial charge in [-0.2, -0.15) is 0 Å². The molecule has 6 nitrogen and oxygen atoms in total. The van der Waals surface area contributed by atoms with Crippen molar-refractivity contribution in [1.82, 2.24) is 10.3 Å². The molecule has 2 aromatic rings. The van der Waals surface area contributed by atoms with Gasteiger partial charge < -0.3 is 15.4 Å². The molecule has 24 heavy (non-hydrogen) atoms. The molecule has 8 heteroatoms. The van der Waals surface area contributed by atoms with Crippen LogP contribution in [0.1, 0.15) is 17.6 Å². The zero-order chi connectivity index (χ0) is 16.9. The maximum atomic E-state index is 14.0. The monoisotopic (exact) mass is 350 g/mol. The van der Waals surface area contributed by atoms with Gasteiger partial charge in [-0.25, -0.2) is 14.2 Å². The third-order valence-electron chi connectivity index (χ3n) is 3.60. The van der Waals surface area contributed by atoms with Crippen LogP contribution in [0, 0.1) is 5.82 Å². The van der Waals surface area contributed by atoms with E-state index in [4.69, 9.17) is 4.74 Å². The van der Waals surface area contributed by atoms with Crippen molar-refractivity contribution in [3.05, 3.63) is 40.1 Å². The Morgan fingerprint density at radius 1 is 1.50 bits per heavy atom. The van der Waals surface area contributed by atoms with E-state index in [-0.39, 0.29) is 11.7 Å². The maximum Gasteiger partial charge on any atom is 0.322 e. The second-order valence-electron chi connectivity index (χ2n) is 5.27. The molecular formula is C16H19FN4O2S. The lowest BCUT2D eigenvalue weighted by Crippen LogP contribution is -2.28. The van der Waals surface area contributed by atoms with Gasteiger partial charge in [-0.15, -0.1) is 11.3 Å². The molecule has 0 unspecified atom stereocenters. The lowest BCUT2D eigenvalue weighted by Gasteiger charge is -2.16. The van der Waals surface area contributed by atoms with E-state index >= 15 is 0 Å². The van der Waals surface area contributed by atoms with Gasteiger partial charge in [-0.3, -0.25) is 4.90 Å². The molecule has 1 aromatic heterocycles. The van der Waals surface area contributed by atoms with Crippen LogP contribution in [0.2, 0.25) is 0 Å². The number of nitrogens with one attached hydrogen (secondary N) is 2. The van der Waals surface area contributed by atoms with E-state index in [1.165, 1.54) is 11.0 Å². The van der Waals surface area contributed by atoms with Crippen LogP contribution in [0.5, 0.6) is 0 Å². The molecule has 3 rings (SSSR count). The number of benzene rings is 1. The average molecular weight is 350 g/mol. The highest BCUT2D eigenvalue weighted by Gasteiger charge is 2.24. The number of nitrogens with zero attached hydrogens (tertiary/aromatic N) is 2. The van der Waals surface area contributed by atoms with Crippen molar-refractivity contribution < 1.29 is 13.9 Å². The quantitative estimate of drug-likeness (QED) is 0.806. The molecule has 0 aliphatic carbocycles. The van der Waals surface area contributed by atoms with Crippen LogP contribution >= 0.6 is 11.3 Å². The summed E-state index contributed by atoms with van der Waals surface area (Å²) >= 11 is 1.55. The minimum absolute atomic E-state index is 0.272. The average Bonchev–Trinajstić information content (AvgIpc) is 3.21. The first-order chi connectivity index (χ1) is 11.7. The number of urea groups is 1. The van der Waals surface area contributed by atoms with Gasteiger partial charge in [0, 0.05) is 30.8 Å². The molecule has 0 saturated carbocycles. The van der Waals surface area contributed by atoms with Crippen molar-refractivity contribution >= 4 is 28.7 Å². The number of halogens is 1. The van der Waals surface area contributed by atoms with Gasteiger partial charge in [0.15, 0.2) is 0 Å². The van der Waals surface area contributed by atoms with Gasteiger partial charge in [-0.05, 0) is 25.1 Å². The van der Waals surface area contributed by atoms with E-state index < -0.39 is 5.82 Å². The highest BCUT2D eigenvalue weighted by atomic mass is 32.1. The number of amides is 2. The Bertz CT molecular complexity index is 722. The van der Waals surface area contributed by atoms with Crippen molar-refractivity contribution in [3.63, 3.8) is 0 Å². The first-order valence-electron chi connectivity index (χ1n) is 7.77. The molecule has 1 aromatic carbocycles. The van der Waals surface area contributed by atoms with E-state index in [2.05, 4.69) is 15.6 Å². The molecule has 0 bridgehead atoms. The Balaban J connectivity index is 1.65. The van der Waals surface area contributed by atoms with Crippen molar-refractivity contribution in [2.75, 3.05) is 29.9 Å². The number of carbonyl (C=O) groups excluding carboxylic acids is 1. The minimum Gasteiger partial charge on any atom is -0.379 e. The molecule has 2 amide bonds. The SMILES string of the molecule is CCOCc1nc(CNc2ccc(F)c(N3CCNC3=O)c2)cs1. The largest absolute Gasteiger partial charge is 0.379 e. The minimum atomic E-state index is -0.412. The van der Waals surface area contributed by atoms with Crippen LogP contribution in [-0.4, -0.2) is 30.7 Å². The molecule has 0 radical (unpaired) electrons. The zero-order valence-corrected chi connectivity index (χ0v) is 14.2. The van der Waals surface area contributed by atoms with Crippen LogP contribution in [0.25, 0.3) is 0 Å². The lowest BCUT2D eigenvalue weighted by molar-refractivity contribution is 0.134. The number of hydrogen-bond acceptors (Lipinski definition) is 5. The highest BCUT2D eigenvalue weighted by molar-refractivity contribution is 7.09. The number of rotatable bonds is 7. The van der Waals surface area contributed by atoms with Crippen molar-refractivity contribution in [2.24, 2.45) is 0 Å². The Morgan fingerprint density at radius 3 is 3.12 bits per heavy atom. The van der Waals surface area contributed by atoms with Crippen molar-refractivity contribution in [2.45, 2.75) is 20.1 Å². The molecule has 0 spiro atoms. The second kappa shape index (κ2) is 7.59. The Kier molecular flexibility index (Phi) is 5.27. The summed E-state index contributed by atoms with van der Waals surface area (Å²) in [7, 11) is 0. The summed E-state index contributed by atoms with van der Waals surface area (Å²) in [4.78, 5) is 17.6. The standard InChI is InChI=1S/C16H19FN4O2S/c1-2-23-9-15-20-12(10-24-15)8-19-11-3-4-13(17)14(7-11)21-6-5-18-16(21)22/h3-4,7,10,19H,2,5-6,8-9H2,1H3,(H,18,22). The van der Waals surface area contributed by atoms with Crippen LogP contribution in [-0.2, 0) is 17.9 Å². The Hall–Kier alpha value is -2.19. The summed E-state index contributed by atoms with van der Waals surface area (Å²) in [6, 6.07) is 4.39. The van der Waals surface area contributed by atoms with Crippen LogP contribution in [0.4, 0.5) is 20.6 Å². The number of hydrogen-bond donors (Lipinski definition) is 2. The summed E-state index contributed by atoms with van der Waals surface area (Å²) in [6.07, 6.45) is 0. The number of carbonyl (C=O) groups is 1. The van der Waals surface area contributed by atoms with Crippen LogP contribution < -0.4 is 15.5 Å². The van der Waals surface area contributed by atoms with E-state index in [0.29, 0.717) is 32.8 Å². The first kappa shape index (κ1) is 16.7. The zero-order valence-electron chi connectivity index (χ0n) is 13.3. The number of ether oxygens (including phenoxy) is 1. The number of thiazole rings is 1. The van der Waals surface area contributed by atoms with Crippen molar-refractivity contribution in [3.8, 4) is 0 Å². The first-order valence-corrected chi connectivity index (χ1v) is 8.65. The van der Waals surface area contributed by atoms with Crippen LogP contribution in [0.3, 0.4) is 0 Å². The normalized spacial score (nSPS) is 14.1. The predicted molar refractivity (Wildman–Crippen MR) is 91.9 cm³/mol. The van der Waals surface area contributed by atoms with Gasteiger partial charge in [-0.1, -0.05) is 0 Å². The van der Waals surface area contributed by atoms with Gasteiger partial charge in [0.1, 0.15) is 10.8 Å². The van der Waals surface area contributed by atoms with E-state index in [1.807, 2.05) is 12.3 Å². The summed E-state index contributed by atoms with van der Waals surface area (Å²) in [5, 5.41) is 8.79. The summed E-state index contributed by atoms with van der Waals surface area (Å²) in [5.41, 5.74) is 1.93. The smallest absolute Gasteiger partial charge is 0.322 e. The van der Waals surface area contributed by atoms with E-state index in [0.717, 1.165) is 16.4 Å². The Labute approximate surface area is 143 Å². The third-order valence-corrected chi connectivity index (χ3v) is 4.47. The van der Waals surface area contributed by atoms with Gasteiger partial charge in [0.05, 0.1) is 24.5 Å². The summed E-state index contributed by atoms with van der Waals surface area (Å²) in [6.45, 7) is 4.65. The predicted octanol–water partition coefficient (Wildman–Crippen LogP) is 2.96. The molecule has 0 atom stereocenters. The highest BCUT2D eigenvalue weighted by Crippen LogP contribution is 2.25. The summed E-state index contributed by atoms with van der Waals surface area (Å²) < 4.78 is 19.3. The Morgan fingerprint density at radius 2 is 2.38 bits per heavy atom. The number of anilines is 2. The summed E-state index contributed by atoms with van der Waals surface area (Å²) in [5.74, 6) is -0.412. The maximum absolute atomic E-state index is 14.0. The van der Waals surface area contributed by atoms with Crippen LogP contribution in [0.15, 0.2) is 23.6 Å². The topological polar surface area (TPSA) is 66.5 Å². The fourth-order valence-corrected chi connectivity index (χ4v) is 3.14. The number of aromatic nitrogens is 1. The second-order valence-corrected chi connectivity index (χ2v) is 6.22. The van der Waals surface area contributed by atoms with E-state index in [9.17, 15) is 9.18 Å². The molecule has 1 aliphatic rings.